The molecule has 1 unspecified atom stereocenters. The van der Waals surface area contributed by atoms with Crippen LogP contribution in [0.2, 0.25) is 0 Å². The van der Waals surface area contributed by atoms with E-state index in [1.165, 1.54) is 6.07 Å². The van der Waals surface area contributed by atoms with Crippen LogP contribution in [0.15, 0.2) is 22.7 Å². The predicted molar refractivity (Wildman–Crippen MR) is 68.5 cm³/mol. The minimum atomic E-state index is -4.33. The first kappa shape index (κ1) is 15.3. The van der Waals surface area contributed by atoms with Crippen LogP contribution in [-0.4, -0.2) is 17.8 Å². The average Bonchev–Trinajstić information content (AvgIpc) is 2.24. The van der Waals surface area contributed by atoms with E-state index >= 15 is 0 Å². The molecule has 1 aromatic carbocycles. The second-order valence-corrected chi connectivity index (χ2v) is 4.96. The van der Waals surface area contributed by atoms with Crippen LogP contribution in [0, 0.1) is 0 Å². The third kappa shape index (κ3) is 4.86. The summed E-state index contributed by atoms with van der Waals surface area (Å²) in [6, 6.07) is 3.49. The van der Waals surface area contributed by atoms with Crippen molar-refractivity contribution in [3.63, 3.8) is 0 Å². The lowest BCUT2D eigenvalue weighted by molar-refractivity contribution is -0.137. The molecule has 0 bridgehead atoms. The lowest BCUT2D eigenvalue weighted by Gasteiger charge is -2.12. The van der Waals surface area contributed by atoms with E-state index in [9.17, 15) is 13.2 Å². The molecule has 0 aliphatic carbocycles. The largest absolute Gasteiger partial charge is 0.416 e. The fourth-order valence-corrected chi connectivity index (χ4v) is 1.97. The second-order valence-electron chi connectivity index (χ2n) is 4.11. The Morgan fingerprint density at radius 2 is 2.06 bits per heavy atom. The van der Waals surface area contributed by atoms with Crippen LogP contribution in [0.5, 0.6) is 0 Å². The first-order valence-corrected chi connectivity index (χ1v) is 6.38. The minimum Gasteiger partial charge on any atom is -0.393 e. The Bertz CT molecular complexity index is 393. The zero-order chi connectivity index (χ0) is 13.8. The lowest BCUT2D eigenvalue weighted by atomic mass is 10.2. The Labute approximate surface area is 112 Å². The Morgan fingerprint density at radius 3 is 2.56 bits per heavy atom. The molecule has 0 amide bonds. The first-order valence-electron chi connectivity index (χ1n) is 5.59. The summed E-state index contributed by atoms with van der Waals surface area (Å²) in [6.07, 6.45) is -3.27. The van der Waals surface area contributed by atoms with Gasteiger partial charge in [0.15, 0.2) is 0 Å². The summed E-state index contributed by atoms with van der Waals surface area (Å²) < 4.78 is 37.7. The van der Waals surface area contributed by atoms with Crippen LogP contribution in [-0.2, 0) is 6.18 Å². The van der Waals surface area contributed by atoms with Gasteiger partial charge in [0.1, 0.15) is 0 Å². The van der Waals surface area contributed by atoms with Gasteiger partial charge in [-0.25, -0.2) is 0 Å². The van der Waals surface area contributed by atoms with Gasteiger partial charge in [-0.05, 0) is 53.9 Å². The first-order chi connectivity index (χ1) is 8.30. The third-order valence-corrected chi connectivity index (χ3v) is 3.07. The van der Waals surface area contributed by atoms with Crippen LogP contribution >= 0.6 is 15.9 Å². The van der Waals surface area contributed by atoms with Crippen molar-refractivity contribution in [2.24, 2.45) is 0 Å². The van der Waals surface area contributed by atoms with Crippen LogP contribution in [0.1, 0.15) is 25.3 Å². The Kier molecular flexibility index (Phi) is 5.47. The monoisotopic (exact) mass is 325 g/mol. The number of benzene rings is 1. The number of aliphatic hydroxyl groups excluding tert-OH is 1. The molecule has 0 aliphatic rings. The van der Waals surface area contributed by atoms with Crippen molar-refractivity contribution in [3.05, 3.63) is 28.2 Å². The molecule has 0 saturated carbocycles. The molecule has 0 fully saturated rings. The summed E-state index contributed by atoms with van der Waals surface area (Å²) >= 11 is 3.11. The van der Waals surface area contributed by atoms with E-state index < -0.39 is 11.7 Å². The lowest BCUT2D eigenvalue weighted by Crippen LogP contribution is -2.08. The molecule has 1 atom stereocenters. The highest BCUT2D eigenvalue weighted by molar-refractivity contribution is 9.10. The summed E-state index contributed by atoms with van der Waals surface area (Å²) in [6.45, 7) is 2.31. The SMILES string of the molecule is CC(O)CCCNc1ccc(C(F)(F)F)cc1Br. The van der Waals surface area contributed by atoms with Gasteiger partial charge in [0.05, 0.1) is 11.7 Å². The normalized spacial score (nSPS) is 13.4. The van der Waals surface area contributed by atoms with Gasteiger partial charge in [-0.2, -0.15) is 13.2 Å². The summed E-state index contributed by atoms with van der Waals surface area (Å²) in [4.78, 5) is 0. The molecule has 1 rings (SSSR count). The van der Waals surface area contributed by atoms with E-state index in [-0.39, 0.29) is 6.10 Å². The number of rotatable bonds is 5. The van der Waals surface area contributed by atoms with Crippen LogP contribution in [0.4, 0.5) is 18.9 Å². The average molecular weight is 326 g/mol. The van der Waals surface area contributed by atoms with Gasteiger partial charge < -0.3 is 10.4 Å². The van der Waals surface area contributed by atoms with Crippen molar-refractivity contribution in [1.82, 2.24) is 0 Å². The van der Waals surface area contributed by atoms with E-state index in [0.29, 0.717) is 23.1 Å². The number of halogens is 4. The van der Waals surface area contributed by atoms with E-state index in [2.05, 4.69) is 21.2 Å². The molecule has 0 aliphatic heterocycles. The van der Waals surface area contributed by atoms with Gasteiger partial charge in [-0.15, -0.1) is 0 Å². The quantitative estimate of drug-likeness (QED) is 0.801. The number of alkyl halides is 3. The molecule has 6 heteroatoms. The molecule has 0 saturated heterocycles. The molecule has 0 heterocycles. The summed E-state index contributed by atoms with van der Waals surface area (Å²) in [7, 11) is 0. The number of anilines is 1. The van der Waals surface area contributed by atoms with E-state index in [4.69, 9.17) is 5.11 Å². The Morgan fingerprint density at radius 1 is 1.39 bits per heavy atom. The summed E-state index contributed by atoms with van der Waals surface area (Å²) in [5.74, 6) is 0. The van der Waals surface area contributed by atoms with Gasteiger partial charge in [0, 0.05) is 16.7 Å². The van der Waals surface area contributed by atoms with Crippen molar-refractivity contribution >= 4 is 21.6 Å². The number of hydrogen-bond donors (Lipinski definition) is 2. The molecular formula is C12H15BrF3NO. The molecule has 102 valence electrons. The number of hydrogen-bond acceptors (Lipinski definition) is 2. The van der Waals surface area contributed by atoms with Crippen LogP contribution in [0.3, 0.4) is 0 Å². The fraction of sp³-hybridized carbons (Fsp3) is 0.500. The van der Waals surface area contributed by atoms with Crippen molar-refractivity contribution < 1.29 is 18.3 Å². The Balaban J connectivity index is 2.58. The minimum absolute atomic E-state index is 0.358. The van der Waals surface area contributed by atoms with Crippen molar-refractivity contribution in [3.8, 4) is 0 Å². The van der Waals surface area contributed by atoms with Gasteiger partial charge in [0.2, 0.25) is 0 Å². The van der Waals surface area contributed by atoms with Crippen LogP contribution in [0.25, 0.3) is 0 Å². The zero-order valence-electron chi connectivity index (χ0n) is 9.89. The molecular weight excluding hydrogens is 311 g/mol. The van der Waals surface area contributed by atoms with Gasteiger partial charge in [-0.1, -0.05) is 0 Å². The number of nitrogens with one attached hydrogen (secondary N) is 1. The molecule has 2 N–H and O–H groups in total. The maximum Gasteiger partial charge on any atom is 0.416 e. The molecule has 0 aromatic heterocycles. The smallest absolute Gasteiger partial charge is 0.393 e. The maximum atomic E-state index is 12.4. The summed E-state index contributed by atoms with van der Waals surface area (Å²) in [5, 5.41) is 12.1. The molecule has 2 nitrogen and oxygen atoms in total. The second kappa shape index (κ2) is 6.43. The molecule has 0 spiro atoms. The highest BCUT2D eigenvalue weighted by atomic mass is 79.9. The zero-order valence-corrected chi connectivity index (χ0v) is 11.5. The highest BCUT2D eigenvalue weighted by Crippen LogP contribution is 2.33. The van der Waals surface area contributed by atoms with Crippen molar-refractivity contribution in [2.45, 2.75) is 32.0 Å². The van der Waals surface area contributed by atoms with Gasteiger partial charge in [-0.3, -0.25) is 0 Å². The predicted octanol–water partition coefficient (Wildman–Crippen LogP) is 4.04. The van der Waals surface area contributed by atoms with Crippen LogP contribution < -0.4 is 5.32 Å². The highest BCUT2D eigenvalue weighted by Gasteiger charge is 2.30. The fourth-order valence-electron chi connectivity index (χ4n) is 1.46. The Hall–Kier alpha value is -0.750. The molecule has 1 aromatic rings. The van der Waals surface area contributed by atoms with Crippen molar-refractivity contribution in [2.75, 3.05) is 11.9 Å². The van der Waals surface area contributed by atoms with Gasteiger partial charge >= 0.3 is 6.18 Å². The van der Waals surface area contributed by atoms with E-state index in [1.807, 2.05) is 0 Å². The van der Waals surface area contributed by atoms with Gasteiger partial charge in [0.25, 0.3) is 0 Å². The molecule has 0 radical (unpaired) electrons. The third-order valence-electron chi connectivity index (χ3n) is 2.41. The molecule has 18 heavy (non-hydrogen) atoms. The van der Waals surface area contributed by atoms with E-state index in [1.54, 1.807) is 6.92 Å². The topological polar surface area (TPSA) is 32.3 Å². The summed E-state index contributed by atoms with van der Waals surface area (Å²) in [5.41, 5.74) is -0.0579. The van der Waals surface area contributed by atoms with Crippen molar-refractivity contribution in [1.29, 1.82) is 0 Å². The van der Waals surface area contributed by atoms with E-state index in [0.717, 1.165) is 18.6 Å². The standard InChI is InChI=1S/C12H15BrF3NO/c1-8(18)3-2-6-17-11-5-4-9(7-10(11)13)12(14,15)16/h4-5,7-8,17-18H,2-3,6H2,1H3. The maximum absolute atomic E-state index is 12.4. The number of aliphatic hydroxyl groups is 1.